The minimum Gasteiger partial charge on any atom is -0.460 e. The molecule has 4 nitrogen and oxygen atoms in total. The summed E-state index contributed by atoms with van der Waals surface area (Å²) >= 11 is 7.04. The molecule has 0 amide bonds. The number of carbonyl (C=O) groups is 1. The number of esters is 1. The lowest BCUT2D eigenvalue weighted by atomic mass is 10.3. The van der Waals surface area contributed by atoms with Crippen LogP contribution >= 0.6 is 22.9 Å². The van der Waals surface area contributed by atoms with Crippen molar-refractivity contribution in [1.82, 2.24) is 4.98 Å². The first-order chi connectivity index (χ1) is 9.04. The number of carbonyl (C=O) groups excluding carboxylic acids is 1. The van der Waals surface area contributed by atoms with Gasteiger partial charge in [-0.25, -0.2) is 18.6 Å². The zero-order valence-corrected chi connectivity index (χ0v) is 11.2. The molecule has 0 aliphatic heterocycles. The number of aromatic nitrogens is 1. The van der Waals surface area contributed by atoms with E-state index in [4.69, 9.17) is 16.0 Å². The fourth-order valence-corrected chi connectivity index (χ4v) is 2.43. The standard InChI is InChI=1S/C11H8ClF2NO3S/c1-2-17-11(16)7-6(9(13)14)15-10(18-7)8-5(12)3-4-19-8/h3-4,9H,2H2,1H3. The van der Waals surface area contributed by atoms with Gasteiger partial charge in [-0.2, -0.15) is 0 Å². The number of hydrogen-bond donors (Lipinski definition) is 0. The van der Waals surface area contributed by atoms with Crippen molar-refractivity contribution in [3.8, 4) is 10.8 Å². The van der Waals surface area contributed by atoms with Crippen molar-refractivity contribution < 1.29 is 22.7 Å². The van der Waals surface area contributed by atoms with E-state index in [1.807, 2.05) is 0 Å². The maximum absolute atomic E-state index is 12.8. The van der Waals surface area contributed by atoms with Gasteiger partial charge in [-0.15, -0.1) is 11.3 Å². The van der Waals surface area contributed by atoms with Crippen LogP contribution in [0.2, 0.25) is 5.02 Å². The van der Waals surface area contributed by atoms with Gasteiger partial charge < -0.3 is 9.15 Å². The molecule has 0 aliphatic rings. The molecule has 2 aromatic rings. The highest BCUT2D eigenvalue weighted by Gasteiger charge is 2.28. The van der Waals surface area contributed by atoms with Gasteiger partial charge in [0.25, 0.3) is 6.43 Å². The Bertz CT molecular complexity index is 597. The fraction of sp³-hybridized carbons (Fsp3) is 0.273. The van der Waals surface area contributed by atoms with Crippen LogP contribution in [0.4, 0.5) is 8.78 Å². The van der Waals surface area contributed by atoms with Gasteiger partial charge in [0, 0.05) is 0 Å². The summed E-state index contributed by atoms with van der Waals surface area (Å²) in [5.41, 5.74) is -0.738. The maximum Gasteiger partial charge on any atom is 0.376 e. The van der Waals surface area contributed by atoms with Gasteiger partial charge in [0.05, 0.1) is 11.6 Å². The lowest BCUT2D eigenvalue weighted by Crippen LogP contribution is -2.06. The Hall–Kier alpha value is -1.47. The highest BCUT2D eigenvalue weighted by Crippen LogP contribution is 2.35. The molecule has 0 saturated carbocycles. The van der Waals surface area contributed by atoms with E-state index in [9.17, 15) is 13.6 Å². The molecule has 19 heavy (non-hydrogen) atoms. The van der Waals surface area contributed by atoms with Crippen molar-refractivity contribution in [2.24, 2.45) is 0 Å². The first-order valence-corrected chi connectivity index (χ1v) is 6.49. The first-order valence-electron chi connectivity index (χ1n) is 5.24. The molecule has 2 aromatic heterocycles. The topological polar surface area (TPSA) is 52.3 Å². The Balaban J connectivity index is 2.46. The largest absolute Gasteiger partial charge is 0.460 e. The Labute approximate surface area is 116 Å². The van der Waals surface area contributed by atoms with Crippen molar-refractivity contribution in [3.63, 3.8) is 0 Å². The zero-order chi connectivity index (χ0) is 14.0. The predicted molar refractivity (Wildman–Crippen MR) is 65.7 cm³/mol. The molecule has 8 heteroatoms. The summed E-state index contributed by atoms with van der Waals surface area (Å²) in [5.74, 6) is -1.67. The van der Waals surface area contributed by atoms with Crippen molar-refractivity contribution in [2.45, 2.75) is 13.3 Å². The van der Waals surface area contributed by atoms with Gasteiger partial charge >= 0.3 is 5.97 Å². The predicted octanol–water partition coefficient (Wildman–Crippen LogP) is 4.17. The molecule has 0 N–H and O–H groups in total. The third kappa shape index (κ3) is 2.76. The van der Waals surface area contributed by atoms with Gasteiger partial charge in [0.1, 0.15) is 4.88 Å². The minimum absolute atomic E-state index is 0.0529. The second kappa shape index (κ2) is 5.66. The summed E-state index contributed by atoms with van der Waals surface area (Å²) in [6.45, 7) is 1.62. The highest BCUT2D eigenvalue weighted by molar-refractivity contribution is 7.14. The monoisotopic (exact) mass is 307 g/mol. The average molecular weight is 308 g/mol. The van der Waals surface area contributed by atoms with Gasteiger partial charge in [0.15, 0.2) is 5.69 Å². The molecular formula is C11H8ClF2NO3S. The smallest absolute Gasteiger partial charge is 0.376 e. The Morgan fingerprint density at radius 2 is 2.37 bits per heavy atom. The van der Waals surface area contributed by atoms with Gasteiger partial charge in [-0.05, 0) is 18.4 Å². The number of thiophene rings is 1. The molecule has 0 aromatic carbocycles. The lowest BCUT2D eigenvalue weighted by Gasteiger charge is -1.99. The van der Waals surface area contributed by atoms with Crippen LogP contribution < -0.4 is 0 Å². The van der Waals surface area contributed by atoms with Crippen molar-refractivity contribution in [3.05, 3.63) is 27.9 Å². The third-order valence-electron chi connectivity index (χ3n) is 2.13. The van der Waals surface area contributed by atoms with Crippen molar-refractivity contribution in [2.75, 3.05) is 6.61 Å². The summed E-state index contributed by atoms with van der Waals surface area (Å²) in [5, 5.41) is 1.98. The number of ether oxygens (including phenoxy) is 1. The molecule has 0 radical (unpaired) electrons. The number of nitrogens with zero attached hydrogens (tertiary/aromatic N) is 1. The van der Waals surface area contributed by atoms with E-state index in [-0.39, 0.29) is 12.5 Å². The minimum atomic E-state index is -2.93. The number of alkyl halides is 2. The van der Waals surface area contributed by atoms with E-state index in [1.54, 1.807) is 18.4 Å². The number of rotatable bonds is 4. The Kier molecular flexibility index (Phi) is 4.16. The summed E-state index contributed by atoms with van der Waals surface area (Å²) in [6, 6.07) is 1.58. The Morgan fingerprint density at radius 1 is 1.63 bits per heavy atom. The molecule has 2 heterocycles. The fourth-order valence-electron chi connectivity index (χ4n) is 1.37. The van der Waals surface area contributed by atoms with Crippen LogP contribution in [0.5, 0.6) is 0 Å². The summed E-state index contributed by atoms with van der Waals surface area (Å²) in [6.07, 6.45) is -2.93. The van der Waals surface area contributed by atoms with Gasteiger partial charge in [0.2, 0.25) is 11.7 Å². The van der Waals surface area contributed by atoms with E-state index < -0.39 is 23.8 Å². The molecule has 2 rings (SSSR count). The molecule has 0 fully saturated rings. The van der Waals surface area contributed by atoms with E-state index in [2.05, 4.69) is 9.72 Å². The average Bonchev–Trinajstić information content (AvgIpc) is 2.94. The van der Waals surface area contributed by atoms with E-state index in [1.165, 1.54) is 11.3 Å². The second-order valence-corrected chi connectivity index (χ2v) is 4.68. The van der Waals surface area contributed by atoms with Crippen LogP contribution in [0.15, 0.2) is 15.9 Å². The van der Waals surface area contributed by atoms with Crippen LogP contribution in [0.1, 0.15) is 29.6 Å². The van der Waals surface area contributed by atoms with E-state index >= 15 is 0 Å². The number of hydrogen-bond acceptors (Lipinski definition) is 5. The van der Waals surface area contributed by atoms with Crippen molar-refractivity contribution >= 4 is 28.9 Å². The zero-order valence-electron chi connectivity index (χ0n) is 9.65. The van der Waals surface area contributed by atoms with Gasteiger partial charge in [-0.3, -0.25) is 0 Å². The molecule has 0 unspecified atom stereocenters. The molecule has 0 spiro atoms. The van der Waals surface area contributed by atoms with E-state index in [0.29, 0.717) is 9.90 Å². The lowest BCUT2D eigenvalue weighted by molar-refractivity contribution is 0.0476. The molecule has 0 bridgehead atoms. The number of halogens is 3. The van der Waals surface area contributed by atoms with Crippen LogP contribution in [-0.2, 0) is 4.74 Å². The third-order valence-corrected chi connectivity index (χ3v) is 3.46. The summed E-state index contributed by atoms with van der Waals surface area (Å²) in [4.78, 5) is 15.5. The first kappa shape index (κ1) is 14.0. The number of oxazole rings is 1. The van der Waals surface area contributed by atoms with Crippen LogP contribution in [0.25, 0.3) is 10.8 Å². The van der Waals surface area contributed by atoms with Crippen LogP contribution in [0.3, 0.4) is 0 Å². The van der Waals surface area contributed by atoms with E-state index in [0.717, 1.165) is 0 Å². The van der Waals surface area contributed by atoms with Crippen LogP contribution in [-0.4, -0.2) is 17.6 Å². The second-order valence-electron chi connectivity index (χ2n) is 3.35. The van der Waals surface area contributed by atoms with Gasteiger partial charge in [-0.1, -0.05) is 11.6 Å². The molecule has 0 saturated heterocycles. The molecule has 102 valence electrons. The summed E-state index contributed by atoms with van der Waals surface area (Å²) in [7, 11) is 0. The molecular weight excluding hydrogens is 300 g/mol. The van der Waals surface area contributed by atoms with Crippen molar-refractivity contribution in [1.29, 1.82) is 0 Å². The quantitative estimate of drug-likeness (QED) is 0.795. The highest BCUT2D eigenvalue weighted by atomic mass is 35.5. The van der Waals surface area contributed by atoms with Crippen LogP contribution in [0, 0.1) is 0 Å². The normalized spacial score (nSPS) is 11.0. The molecule has 0 aliphatic carbocycles. The SMILES string of the molecule is CCOC(=O)c1oc(-c2sccc2Cl)nc1C(F)F. The molecule has 0 atom stereocenters. The Morgan fingerprint density at radius 3 is 2.89 bits per heavy atom. The summed E-state index contributed by atoms with van der Waals surface area (Å²) < 4.78 is 35.4. The maximum atomic E-state index is 12.8.